The fraction of sp³-hybridized carbons (Fsp3) is 0.440. The summed E-state index contributed by atoms with van der Waals surface area (Å²) in [4.78, 5) is 25.3. The van der Waals surface area contributed by atoms with Crippen LogP contribution in [-0.2, 0) is 33.5 Å². The molecule has 0 aromatic heterocycles. The van der Waals surface area contributed by atoms with Crippen LogP contribution in [0.2, 0.25) is 0 Å². The van der Waals surface area contributed by atoms with Crippen molar-refractivity contribution in [2.24, 2.45) is 0 Å². The molecule has 0 atom stereocenters. The van der Waals surface area contributed by atoms with Gasteiger partial charge in [0.05, 0.1) is 6.61 Å². The van der Waals surface area contributed by atoms with E-state index in [0.717, 1.165) is 11.1 Å². The summed E-state index contributed by atoms with van der Waals surface area (Å²) in [5.74, 6) is -0.564. The van der Waals surface area contributed by atoms with Crippen molar-refractivity contribution in [3.05, 3.63) is 71.0 Å². The van der Waals surface area contributed by atoms with Gasteiger partial charge in [-0.25, -0.2) is 9.18 Å². The van der Waals surface area contributed by atoms with E-state index in [1.54, 1.807) is 23.1 Å². The van der Waals surface area contributed by atoms with E-state index in [2.05, 4.69) is 0 Å². The second-order valence-corrected chi connectivity index (χ2v) is 8.47. The SMILES string of the molecule is CC(=O)OCCc1cccc(CCN(CCc2ccccc2F)C(=O)OC(C)(C)C)c1. The molecule has 0 spiro atoms. The summed E-state index contributed by atoms with van der Waals surface area (Å²) >= 11 is 0. The summed E-state index contributed by atoms with van der Waals surface area (Å²) < 4.78 is 24.6. The molecule has 0 heterocycles. The lowest BCUT2D eigenvalue weighted by Gasteiger charge is -2.27. The lowest BCUT2D eigenvalue weighted by atomic mass is 10.1. The zero-order valence-electron chi connectivity index (χ0n) is 18.8. The highest BCUT2D eigenvalue weighted by atomic mass is 19.1. The highest BCUT2D eigenvalue weighted by molar-refractivity contribution is 5.68. The average molecular weight is 430 g/mol. The Kier molecular flexibility index (Phi) is 9.03. The van der Waals surface area contributed by atoms with Gasteiger partial charge in [0.15, 0.2) is 0 Å². The van der Waals surface area contributed by atoms with Gasteiger partial charge in [0.1, 0.15) is 11.4 Å². The van der Waals surface area contributed by atoms with Crippen molar-refractivity contribution in [1.82, 2.24) is 4.90 Å². The van der Waals surface area contributed by atoms with Gasteiger partial charge in [0.2, 0.25) is 0 Å². The lowest BCUT2D eigenvalue weighted by molar-refractivity contribution is -0.140. The molecule has 0 aliphatic rings. The number of hydrogen-bond donors (Lipinski definition) is 0. The first-order valence-corrected chi connectivity index (χ1v) is 10.6. The number of carbonyl (C=O) groups excluding carboxylic acids is 2. The van der Waals surface area contributed by atoms with Gasteiger partial charge in [-0.15, -0.1) is 0 Å². The van der Waals surface area contributed by atoms with Crippen molar-refractivity contribution >= 4 is 12.1 Å². The third kappa shape index (κ3) is 9.20. The summed E-state index contributed by atoms with van der Waals surface area (Å²) in [6.07, 6.45) is 1.28. The van der Waals surface area contributed by atoms with Gasteiger partial charge < -0.3 is 14.4 Å². The number of rotatable bonds is 9. The Morgan fingerprint density at radius 3 is 2.23 bits per heavy atom. The number of amides is 1. The second kappa shape index (κ2) is 11.5. The van der Waals surface area contributed by atoms with E-state index in [0.29, 0.717) is 44.5 Å². The minimum atomic E-state index is -0.607. The highest BCUT2D eigenvalue weighted by Crippen LogP contribution is 2.14. The van der Waals surface area contributed by atoms with Crippen molar-refractivity contribution in [3.63, 3.8) is 0 Å². The van der Waals surface area contributed by atoms with Crippen molar-refractivity contribution in [2.75, 3.05) is 19.7 Å². The zero-order chi connectivity index (χ0) is 22.9. The fourth-order valence-corrected chi connectivity index (χ4v) is 3.09. The molecule has 0 saturated carbocycles. The summed E-state index contributed by atoms with van der Waals surface area (Å²) in [6, 6.07) is 14.6. The normalized spacial score (nSPS) is 11.1. The third-order valence-corrected chi connectivity index (χ3v) is 4.62. The minimum Gasteiger partial charge on any atom is -0.466 e. The molecule has 0 radical (unpaired) electrons. The van der Waals surface area contributed by atoms with E-state index in [9.17, 15) is 14.0 Å². The Bertz CT molecular complexity index is 876. The predicted molar refractivity (Wildman–Crippen MR) is 118 cm³/mol. The molecular formula is C25H32FNO4. The van der Waals surface area contributed by atoms with Crippen LogP contribution < -0.4 is 0 Å². The van der Waals surface area contributed by atoms with Crippen LogP contribution in [0.4, 0.5) is 9.18 Å². The number of nitrogens with zero attached hydrogens (tertiary/aromatic N) is 1. The van der Waals surface area contributed by atoms with E-state index in [-0.39, 0.29) is 11.8 Å². The van der Waals surface area contributed by atoms with Crippen molar-refractivity contribution in [2.45, 2.75) is 52.6 Å². The molecule has 2 rings (SSSR count). The maximum atomic E-state index is 14.0. The Labute approximate surface area is 184 Å². The van der Waals surface area contributed by atoms with Crippen LogP contribution in [0.3, 0.4) is 0 Å². The molecule has 168 valence electrons. The smallest absolute Gasteiger partial charge is 0.410 e. The van der Waals surface area contributed by atoms with Gasteiger partial charge in [-0.05, 0) is 56.4 Å². The molecular weight excluding hydrogens is 397 g/mol. The van der Waals surface area contributed by atoms with Gasteiger partial charge in [-0.1, -0.05) is 42.5 Å². The van der Waals surface area contributed by atoms with Gasteiger partial charge in [-0.3, -0.25) is 4.79 Å². The molecule has 0 aliphatic heterocycles. The lowest BCUT2D eigenvalue weighted by Crippen LogP contribution is -2.39. The molecule has 2 aromatic carbocycles. The molecule has 0 fully saturated rings. The molecule has 5 nitrogen and oxygen atoms in total. The monoisotopic (exact) mass is 429 g/mol. The summed E-state index contributed by atoms with van der Waals surface area (Å²) in [6.45, 7) is 8.03. The Balaban J connectivity index is 2.02. The van der Waals surface area contributed by atoms with Crippen LogP contribution >= 0.6 is 0 Å². The van der Waals surface area contributed by atoms with E-state index in [4.69, 9.17) is 9.47 Å². The van der Waals surface area contributed by atoms with E-state index in [1.165, 1.54) is 13.0 Å². The van der Waals surface area contributed by atoms with Crippen LogP contribution in [-0.4, -0.2) is 42.3 Å². The summed E-state index contributed by atoms with van der Waals surface area (Å²) in [5, 5.41) is 0. The van der Waals surface area contributed by atoms with Crippen LogP contribution in [0.5, 0.6) is 0 Å². The van der Waals surface area contributed by atoms with Crippen LogP contribution in [0.25, 0.3) is 0 Å². The Hall–Kier alpha value is -2.89. The van der Waals surface area contributed by atoms with Crippen molar-refractivity contribution in [3.8, 4) is 0 Å². The maximum Gasteiger partial charge on any atom is 0.410 e. The fourth-order valence-electron chi connectivity index (χ4n) is 3.09. The summed E-state index contributed by atoms with van der Waals surface area (Å²) in [7, 11) is 0. The number of benzene rings is 2. The second-order valence-electron chi connectivity index (χ2n) is 8.47. The minimum absolute atomic E-state index is 0.271. The van der Waals surface area contributed by atoms with Gasteiger partial charge in [0, 0.05) is 26.4 Å². The first-order valence-electron chi connectivity index (χ1n) is 10.6. The first-order chi connectivity index (χ1) is 14.6. The standard InChI is InChI=1S/C25H32FNO4/c1-19(28)30-17-14-21-9-7-8-20(18-21)12-15-27(24(29)31-25(2,3)4)16-13-22-10-5-6-11-23(22)26/h5-11,18H,12-17H2,1-4H3. The molecule has 0 N–H and O–H groups in total. The first kappa shape index (κ1) is 24.4. The van der Waals surface area contributed by atoms with Crippen molar-refractivity contribution < 1.29 is 23.5 Å². The molecule has 0 aliphatic carbocycles. The topological polar surface area (TPSA) is 55.8 Å². The Morgan fingerprint density at radius 1 is 0.935 bits per heavy atom. The quantitative estimate of drug-likeness (QED) is 0.529. The van der Waals surface area contributed by atoms with E-state index >= 15 is 0 Å². The maximum absolute atomic E-state index is 14.0. The zero-order valence-corrected chi connectivity index (χ0v) is 18.8. The Morgan fingerprint density at radius 2 is 1.58 bits per heavy atom. The molecule has 31 heavy (non-hydrogen) atoms. The average Bonchev–Trinajstić information content (AvgIpc) is 2.68. The van der Waals surface area contributed by atoms with Gasteiger partial charge >= 0.3 is 12.1 Å². The molecule has 0 unspecified atom stereocenters. The van der Waals surface area contributed by atoms with Gasteiger partial charge in [-0.2, -0.15) is 0 Å². The summed E-state index contributed by atoms with van der Waals surface area (Å²) in [5.41, 5.74) is 2.10. The molecule has 6 heteroatoms. The molecule has 0 bridgehead atoms. The molecule has 0 saturated heterocycles. The number of hydrogen-bond acceptors (Lipinski definition) is 4. The number of ether oxygens (including phenoxy) is 2. The van der Waals surface area contributed by atoms with Crippen LogP contribution in [0.15, 0.2) is 48.5 Å². The number of halogens is 1. The van der Waals surface area contributed by atoms with Gasteiger partial charge in [0.25, 0.3) is 0 Å². The molecule has 1 amide bonds. The van der Waals surface area contributed by atoms with E-state index < -0.39 is 11.7 Å². The van der Waals surface area contributed by atoms with Crippen LogP contribution in [0.1, 0.15) is 44.4 Å². The van der Waals surface area contributed by atoms with Crippen LogP contribution in [0, 0.1) is 5.82 Å². The molecule has 2 aromatic rings. The third-order valence-electron chi connectivity index (χ3n) is 4.62. The number of esters is 1. The van der Waals surface area contributed by atoms with E-state index in [1.807, 2.05) is 45.0 Å². The predicted octanol–water partition coefficient (Wildman–Crippen LogP) is 4.95. The van der Waals surface area contributed by atoms with Crippen molar-refractivity contribution in [1.29, 1.82) is 0 Å². The highest BCUT2D eigenvalue weighted by Gasteiger charge is 2.22. The number of carbonyl (C=O) groups is 2. The largest absolute Gasteiger partial charge is 0.466 e.